The Labute approximate surface area is 108 Å². The van der Waals surface area contributed by atoms with Crippen molar-refractivity contribution in [2.24, 2.45) is 17.6 Å². The molecule has 0 saturated heterocycles. The lowest BCUT2D eigenvalue weighted by atomic mass is 9.96. The fourth-order valence-corrected chi connectivity index (χ4v) is 2.06. The predicted molar refractivity (Wildman–Crippen MR) is 75.2 cm³/mol. The van der Waals surface area contributed by atoms with Gasteiger partial charge in [0.2, 0.25) is 0 Å². The molecule has 0 amide bonds. The molecule has 0 aliphatic heterocycles. The second-order valence-electron chi connectivity index (χ2n) is 5.07. The standard InChI is InChI=1S/C14H22N4/c1-10(2)11(7-15)8-16-9-14-17-12-5-3-4-6-13(12)18-14/h3-6,10-11,16H,7-9,15H2,1-2H3,(H,17,18). The maximum atomic E-state index is 5.75. The van der Waals surface area contributed by atoms with Gasteiger partial charge in [0, 0.05) is 0 Å². The van der Waals surface area contributed by atoms with Crippen LogP contribution in [0, 0.1) is 11.8 Å². The monoisotopic (exact) mass is 246 g/mol. The zero-order valence-corrected chi connectivity index (χ0v) is 11.1. The number of aromatic amines is 1. The summed E-state index contributed by atoms with van der Waals surface area (Å²) >= 11 is 0. The number of benzene rings is 1. The number of hydrogen-bond acceptors (Lipinski definition) is 3. The van der Waals surface area contributed by atoms with Crippen molar-refractivity contribution in [1.82, 2.24) is 15.3 Å². The van der Waals surface area contributed by atoms with Crippen molar-refractivity contribution in [1.29, 1.82) is 0 Å². The van der Waals surface area contributed by atoms with Gasteiger partial charge in [0.25, 0.3) is 0 Å². The SMILES string of the molecule is CC(C)C(CN)CNCc1nc2ccccc2[nH]1. The van der Waals surface area contributed by atoms with Gasteiger partial charge in [-0.05, 0) is 37.1 Å². The second-order valence-corrected chi connectivity index (χ2v) is 5.07. The molecule has 4 N–H and O–H groups in total. The van der Waals surface area contributed by atoms with Crippen molar-refractivity contribution < 1.29 is 0 Å². The van der Waals surface area contributed by atoms with Crippen LogP contribution in [0.15, 0.2) is 24.3 Å². The molecule has 0 aliphatic carbocycles. The van der Waals surface area contributed by atoms with Crippen molar-refractivity contribution in [2.75, 3.05) is 13.1 Å². The zero-order chi connectivity index (χ0) is 13.0. The molecule has 0 radical (unpaired) electrons. The van der Waals surface area contributed by atoms with E-state index in [9.17, 15) is 0 Å². The molecule has 4 nitrogen and oxygen atoms in total. The maximum absolute atomic E-state index is 5.75. The minimum absolute atomic E-state index is 0.523. The molecular formula is C14H22N4. The van der Waals surface area contributed by atoms with Gasteiger partial charge in [0.1, 0.15) is 5.82 Å². The van der Waals surface area contributed by atoms with E-state index in [2.05, 4.69) is 29.1 Å². The predicted octanol–water partition coefficient (Wildman–Crippen LogP) is 1.88. The Kier molecular flexibility index (Phi) is 4.33. The van der Waals surface area contributed by atoms with Gasteiger partial charge in [0.05, 0.1) is 17.6 Å². The Bertz CT molecular complexity index is 456. The van der Waals surface area contributed by atoms with Crippen LogP contribution in [0.1, 0.15) is 19.7 Å². The molecule has 0 aliphatic rings. The maximum Gasteiger partial charge on any atom is 0.121 e. The van der Waals surface area contributed by atoms with E-state index in [0.29, 0.717) is 11.8 Å². The van der Waals surface area contributed by atoms with Crippen LogP contribution >= 0.6 is 0 Å². The average molecular weight is 246 g/mol. The number of fused-ring (bicyclic) bond motifs is 1. The first kappa shape index (κ1) is 13.1. The highest BCUT2D eigenvalue weighted by molar-refractivity contribution is 5.74. The van der Waals surface area contributed by atoms with Crippen LogP contribution in [0.2, 0.25) is 0 Å². The van der Waals surface area contributed by atoms with Gasteiger partial charge < -0.3 is 16.0 Å². The number of nitrogens with two attached hydrogens (primary N) is 1. The molecule has 18 heavy (non-hydrogen) atoms. The number of nitrogens with zero attached hydrogens (tertiary/aromatic N) is 1. The summed E-state index contributed by atoms with van der Waals surface area (Å²) in [5, 5.41) is 3.42. The number of hydrogen-bond donors (Lipinski definition) is 3. The van der Waals surface area contributed by atoms with E-state index < -0.39 is 0 Å². The van der Waals surface area contributed by atoms with Gasteiger partial charge in [-0.1, -0.05) is 26.0 Å². The first-order chi connectivity index (χ1) is 8.70. The molecule has 1 aromatic heterocycles. The van der Waals surface area contributed by atoms with Crippen LogP contribution in [0.3, 0.4) is 0 Å². The van der Waals surface area contributed by atoms with Gasteiger partial charge in [-0.3, -0.25) is 0 Å². The van der Waals surface area contributed by atoms with E-state index in [1.54, 1.807) is 0 Å². The first-order valence-electron chi connectivity index (χ1n) is 6.55. The Morgan fingerprint density at radius 1 is 1.33 bits per heavy atom. The van der Waals surface area contributed by atoms with Crippen LogP contribution in [0.25, 0.3) is 11.0 Å². The normalized spacial score (nSPS) is 13.3. The highest BCUT2D eigenvalue weighted by Crippen LogP contribution is 2.11. The fourth-order valence-electron chi connectivity index (χ4n) is 2.06. The lowest BCUT2D eigenvalue weighted by Crippen LogP contribution is -2.31. The topological polar surface area (TPSA) is 66.7 Å². The lowest BCUT2D eigenvalue weighted by Gasteiger charge is -2.18. The van der Waals surface area contributed by atoms with E-state index in [1.165, 1.54) is 0 Å². The minimum atomic E-state index is 0.523. The van der Waals surface area contributed by atoms with Crippen LogP contribution < -0.4 is 11.1 Å². The highest BCUT2D eigenvalue weighted by Gasteiger charge is 2.11. The molecule has 1 atom stereocenters. The summed E-state index contributed by atoms with van der Waals surface area (Å²) in [6, 6.07) is 8.08. The Morgan fingerprint density at radius 3 is 2.78 bits per heavy atom. The molecule has 1 unspecified atom stereocenters. The summed E-state index contributed by atoms with van der Waals surface area (Å²) in [6.07, 6.45) is 0. The number of imidazole rings is 1. The van der Waals surface area contributed by atoms with E-state index in [1.807, 2.05) is 24.3 Å². The number of H-pyrrole nitrogens is 1. The van der Waals surface area contributed by atoms with Gasteiger partial charge in [-0.25, -0.2) is 4.98 Å². The number of nitrogens with one attached hydrogen (secondary N) is 2. The van der Waals surface area contributed by atoms with Crippen molar-refractivity contribution >= 4 is 11.0 Å². The smallest absolute Gasteiger partial charge is 0.121 e. The number of rotatable bonds is 6. The summed E-state index contributed by atoms with van der Waals surface area (Å²) in [6.45, 7) is 6.84. The molecular weight excluding hydrogens is 224 g/mol. The van der Waals surface area contributed by atoms with Gasteiger partial charge in [0.15, 0.2) is 0 Å². The minimum Gasteiger partial charge on any atom is -0.341 e. The summed E-state index contributed by atoms with van der Waals surface area (Å²) in [5.74, 6) is 2.11. The van der Waals surface area contributed by atoms with Crippen LogP contribution in [0.5, 0.6) is 0 Å². The van der Waals surface area contributed by atoms with Gasteiger partial charge >= 0.3 is 0 Å². The largest absolute Gasteiger partial charge is 0.341 e. The molecule has 0 saturated carbocycles. The van der Waals surface area contributed by atoms with Crippen LogP contribution in [0.4, 0.5) is 0 Å². The third-order valence-electron chi connectivity index (χ3n) is 3.38. The number of para-hydroxylation sites is 2. The second kappa shape index (κ2) is 5.98. The van der Waals surface area contributed by atoms with E-state index in [0.717, 1.165) is 36.5 Å². The van der Waals surface area contributed by atoms with Crippen LogP contribution in [-0.4, -0.2) is 23.1 Å². The Morgan fingerprint density at radius 2 is 2.11 bits per heavy atom. The summed E-state index contributed by atoms with van der Waals surface area (Å²) in [5.41, 5.74) is 7.86. The van der Waals surface area contributed by atoms with Gasteiger partial charge in [-0.2, -0.15) is 0 Å². The van der Waals surface area contributed by atoms with Crippen molar-refractivity contribution in [2.45, 2.75) is 20.4 Å². The van der Waals surface area contributed by atoms with E-state index >= 15 is 0 Å². The summed E-state index contributed by atoms with van der Waals surface area (Å²) in [4.78, 5) is 7.84. The molecule has 2 aromatic rings. The zero-order valence-electron chi connectivity index (χ0n) is 11.1. The summed E-state index contributed by atoms with van der Waals surface area (Å²) < 4.78 is 0. The molecule has 4 heteroatoms. The van der Waals surface area contributed by atoms with E-state index in [-0.39, 0.29) is 0 Å². The molecule has 0 bridgehead atoms. The highest BCUT2D eigenvalue weighted by atomic mass is 15.0. The molecule has 1 aromatic carbocycles. The van der Waals surface area contributed by atoms with Crippen molar-refractivity contribution in [3.63, 3.8) is 0 Å². The lowest BCUT2D eigenvalue weighted by molar-refractivity contribution is 0.369. The summed E-state index contributed by atoms with van der Waals surface area (Å²) in [7, 11) is 0. The fraction of sp³-hybridized carbons (Fsp3) is 0.500. The third-order valence-corrected chi connectivity index (χ3v) is 3.38. The molecule has 0 spiro atoms. The molecule has 98 valence electrons. The quantitative estimate of drug-likeness (QED) is 0.729. The van der Waals surface area contributed by atoms with Crippen LogP contribution in [-0.2, 0) is 6.54 Å². The first-order valence-corrected chi connectivity index (χ1v) is 6.55. The Balaban J connectivity index is 1.90. The molecule has 2 rings (SSSR count). The number of aromatic nitrogens is 2. The van der Waals surface area contributed by atoms with Crippen molar-refractivity contribution in [3.8, 4) is 0 Å². The Hall–Kier alpha value is -1.39. The van der Waals surface area contributed by atoms with Gasteiger partial charge in [-0.15, -0.1) is 0 Å². The molecule has 1 heterocycles. The average Bonchev–Trinajstić information content (AvgIpc) is 2.76. The van der Waals surface area contributed by atoms with E-state index in [4.69, 9.17) is 5.73 Å². The molecule has 0 fully saturated rings. The third kappa shape index (κ3) is 3.09. The van der Waals surface area contributed by atoms with Crippen molar-refractivity contribution in [3.05, 3.63) is 30.1 Å².